The Hall–Kier alpha value is -2.33. The highest BCUT2D eigenvalue weighted by Crippen LogP contribution is 2.29. The summed E-state index contributed by atoms with van der Waals surface area (Å²) >= 11 is 6.16. The highest BCUT2D eigenvalue weighted by Gasteiger charge is 2.15. The van der Waals surface area contributed by atoms with E-state index in [-0.39, 0.29) is 12.4 Å². The quantitative estimate of drug-likeness (QED) is 0.677. The normalized spacial score (nSPS) is 11.0. The summed E-state index contributed by atoms with van der Waals surface area (Å²) in [4.78, 5) is 16.7. The average molecular weight is 329 g/mol. The van der Waals surface area contributed by atoms with Gasteiger partial charge in [-0.05, 0) is 44.2 Å². The lowest BCUT2D eigenvalue weighted by Crippen LogP contribution is -2.12. The van der Waals surface area contributed by atoms with E-state index >= 15 is 0 Å². The molecule has 2 heterocycles. The summed E-state index contributed by atoms with van der Waals surface area (Å²) in [5.74, 6) is 0.508. The van der Waals surface area contributed by atoms with E-state index in [0.29, 0.717) is 21.9 Å². The number of aryl methyl sites for hydroxylation is 1. The largest absolute Gasteiger partial charge is 0.483 e. The number of fused-ring (bicyclic) bond motifs is 1. The first-order valence-electron chi connectivity index (χ1n) is 7.31. The van der Waals surface area contributed by atoms with Gasteiger partial charge in [-0.2, -0.15) is 0 Å². The van der Waals surface area contributed by atoms with Crippen molar-refractivity contribution in [2.24, 2.45) is 7.05 Å². The predicted molar refractivity (Wildman–Crippen MR) is 91.5 cm³/mol. The third-order valence-electron chi connectivity index (χ3n) is 4.11. The SMILES string of the molecule is Cc1cc(C(=O)COc2ccc(Cl)c3cccnc23)c(C)n1C. The molecular formula is C18H17ClN2O2. The topological polar surface area (TPSA) is 44.1 Å². The fourth-order valence-electron chi connectivity index (χ4n) is 2.59. The van der Waals surface area contributed by atoms with Crippen LogP contribution >= 0.6 is 11.6 Å². The number of nitrogens with zero attached hydrogens (tertiary/aromatic N) is 2. The van der Waals surface area contributed by atoms with Crippen molar-refractivity contribution in [1.82, 2.24) is 9.55 Å². The minimum Gasteiger partial charge on any atom is -0.483 e. The van der Waals surface area contributed by atoms with Gasteiger partial charge in [0.05, 0.1) is 5.02 Å². The zero-order chi connectivity index (χ0) is 16.6. The van der Waals surface area contributed by atoms with E-state index in [4.69, 9.17) is 16.3 Å². The molecule has 2 aromatic heterocycles. The number of benzene rings is 1. The van der Waals surface area contributed by atoms with Crippen LogP contribution in [0.2, 0.25) is 5.02 Å². The minimum absolute atomic E-state index is 0.0302. The number of halogens is 1. The van der Waals surface area contributed by atoms with Gasteiger partial charge in [-0.15, -0.1) is 0 Å². The lowest BCUT2D eigenvalue weighted by Gasteiger charge is -2.09. The summed E-state index contributed by atoms with van der Waals surface area (Å²) in [5, 5.41) is 1.42. The van der Waals surface area contributed by atoms with Crippen molar-refractivity contribution < 1.29 is 9.53 Å². The maximum absolute atomic E-state index is 12.4. The van der Waals surface area contributed by atoms with E-state index in [9.17, 15) is 4.79 Å². The van der Waals surface area contributed by atoms with Crippen LogP contribution in [0.1, 0.15) is 21.7 Å². The monoisotopic (exact) mass is 328 g/mol. The minimum atomic E-state index is -0.0507. The molecule has 0 saturated carbocycles. The fourth-order valence-corrected chi connectivity index (χ4v) is 2.80. The molecule has 118 valence electrons. The Morgan fingerprint density at radius 3 is 2.78 bits per heavy atom. The molecule has 0 unspecified atom stereocenters. The molecule has 0 bridgehead atoms. The number of pyridine rings is 1. The number of Topliss-reactive ketones (excluding diaryl/α,β-unsaturated/α-hetero) is 1. The van der Waals surface area contributed by atoms with Crippen LogP contribution in [0.15, 0.2) is 36.5 Å². The van der Waals surface area contributed by atoms with Crippen LogP contribution in [0, 0.1) is 13.8 Å². The first-order valence-corrected chi connectivity index (χ1v) is 7.69. The van der Waals surface area contributed by atoms with Crippen LogP contribution in [-0.4, -0.2) is 21.9 Å². The standard InChI is InChI=1S/C18H17ClN2O2/c1-11-9-14(12(2)21(11)3)16(22)10-23-17-7-6-15(19)13-5-4-8-20-18(13)17/h4-9H,10H2,1-3H3. The number of ether oxygens (including phenoxy) is 1. The highest BCUT2D eigenvalue weighted by molar-refractivity contribution is 6.35. The Morgan fingerprint density at radius 1 is 1.30 bits per heavy atom. The third-order valence-corrected chi connectivity index (χ3v) is 4.44. The van der Waals surface area contributed by atoms with Crippen LogP contribution in [0.4, 0.5) is 0 Å². The van der Waals surface area contributed by atoms with Gasteiger partial charge in [0.15, 0.2) is 6.61 Å². The summed E-state index contributed by atoms with van der Waals surface area (Å²) in [6.45, 7) is 3.87. The van der Waals surface area contributed by atoms with Crippen LogP contribution in [0.3, 0.4) is 0 Å². The molecule has 0 spiro atoms. The summed E-state index contributed by atoms with van der Waals surface area (Å²) in [6, 6.07) is 9.08. The second kappa shape index (κ2) is 6.05. The number of hydrogen-bond acceptors (Lipinski definition) is 3. The van der Waals surface area contributed by atoms with Crippen LogP contribution < -0.4 is 4.74 Å². The van der Waals surface area contributed by atoms with Crippen molar-refractivity contribution in [2.45, 2.75) is 13.8 Å². The van der Waals surface area contributed by atoms with Crippen molar-refractivity contribution >= 4 is 28.3 Å². The molecule has 0 amide bonds. The molecule has 0 aliphatic carbocycles. The van der Waals surface area contributed by atoms with Gasteiger partial charge < -0.3 is 9.30 Å². The van der Waals surface area contributed by atoms with Gasteiger partial charge >= 0.3 is 0 Å². The molecule has 0 aliphatic heterocycles. The Bertz CT molecular complexity index is 899. The van der Waals surface area contributed by atoms with E-state index in [0.717, 1.165) is 16.8 Å². The molecule has 1 aromatic carbocycles. The van der Waals surface area contributed by atoms with Crippen molar-refractivity contribution in [3.05, 3.63) is 58.5 Å². The third kappa shape index (κ3) is 2.82. The van der Waals surface area contributed by atoms with Crippen molar-refractivity contribution in [1.29, 1.82) is 0 Å². The maximum atomic E-state index is 12.4. The number of carbonyl (C=O) groups excluding carboxylic acids is 1. The number of hydrogen-bond donors (Lipinski definition) is 0. The number of aromatic nitrogens is 2. The van der Waals surface area contributed by atoms with Gasteiger partial charge in [0.2, 0.25) is 5.78 Å². The van der Waals surface area contributed by atoms with Crippen molar-refractivity contribution in [3.63, 3.8) is 0 Å². The molecule has 4 nitrogen and oxygen atoms in total. The Balaban J connectivity index is 1.85. The highest BCUT2D eigenvalue weighted by atomic mass is 35.5. The molecule has 0 atom stereocenters. The molecule has 5 heteroatoms. The Kier molecular flexibility index (Phi) is 4.09. The van der Waals surface area contributed by atoms with E-state index in [1.807, 2.05) is 43.7 Å². The molecule has 0 saturated heterocycles. The predicted octanol–water partition coefficient (Wildman–Crippen LogP) is 4.11. The van der Waals surface area contributed by atoms with Gasteiger partial charge in [-0.3, -0.25) is 9.78 Å². The van der Waals surface area contributed by atoms with Gasteiger partial charge in [0, 0.05) is 35.6 Å². The van der Waals surface area contributed by atoms with Gasteiger partial charge in [0.25, 0.3) is 0 Å². The number of carbonyl (C=O) groups is 1. The maximum Gasteiger partial charge on any atom is 0.202 e. The molecule has 3 rings (SSSR count). The average Bonchev–Trinajstić information content (AvgIpc) is 2.82. The Morgan fingerprint density at radius 2 is 2.09 bits per heavy atom. The molecule has 0 N–H and O–H groups in total. The van der Waals surface area contributed by atoms with E-state index in [1.165, 1.54) is 0 Å². The van der Waals surface area contributed by atoms with Crippen molar-refractivity contribution in [3.8, 4) is 5.75 Å². The molecule has 3 aromatic rings. The molecule has 23 heavy (non-hydrogen) atoms. The molecule has 0 fully saturated rings. The van der Waals surface area contributed by atoms with Crippen molar-refractivity contribution in [2.75, 3.05) is 6.61 Å². The molecular weight excluding hydrogens is 312 g/mol. The van der Waals surface area contributed by atoms with Gasteiger partial charge in [0.1, 0.15) is 11.3 Å². The second-order valence-electron chi connectivity index (χ2n) is 5.50. The number of ketones is 1. The molecule has 0 radical (unpaired) electrons. The lowest BCUT2D eigenvalue weighted by molar-refractivity contribution is 0.0922. The Labute approximate surface area is 139 Å². The lowest BCUT2D eigenvalue weighted by atomic mass is 10.1. The number of rotatable bonds is 4. The molecule has 0 aliphatic rings. The van der Waals surface area contributed by atoms with E-state index in [1.54, 1.807) is 18.3 Å². The smallest absolute Gasteiger partial charge is 0.202 e. The van der Waals surface area contributed by atoms with Gasteiger partial charge in [-0.25, -0.2) is 0 Å². The van der Waals surface area contributed by atoms with Crippen LogP contribution in [-0.2, 0) is 7.05 Å². The fraction of sp³-hybridized carbons (Fsp3) is 0.222. The second-order valence-corrected chi connectivity index (χ2v) is 5.91. The van der Waals surface area contributed by atoms with Crippen LogP contribution in [0.5, 0.6) is 5.75 Å². The zero-order valence-corrected chi connectivity index (χ0v) is 14.0. The summed E-state index contributed by atoms with van der Waals surface area (Å²) in [6.07, 6.45) is 1.68. The first-order chi connectivity index (χ1) is 11.0. The van der Waals surface area contributed by atoms with Gasteiger partial charge in [-0.1, -0.05) is 11.6 Å². The van der Waals surface area contributed by atoms with Crippen LogP contribution in [0.25, 0.3) is 10.9 Å². The summed E-state index contributed by atoms with van der Waals surface area (Å²) in [7, 11) is 1.94. The first kappa shape index (κ1) is 15.6. The summed E-state index contributed by atoms with van der Waals surface area (Å²) in [5.41, 5.74) is 3.34. The summed E-state index contributed by atoms with van der Waals surface area (Å²) < 4.78 is 7.71. The van der Waals surface area contributed by atoms with E-state index < -0.39 is 0 Å². The van der Waals surface area contributed by atoms with E-state index in [2.05, 4.69) is 4.98 Å². The zero-order valence-electron chi connectivity index (χ0n) is 13.3.